The van der Waals surface area contributed by atoms with Crippen molar-refractivity contribution in [2.75, 3.05) is 19.7 Å². The van der Waals surface area contributed by atoms with Crippen molar-refractivity contribution in [1.82, 2.24) is 10.1 Å². The molecular weight excluding hydrogens is 404 g/mol. The summed E-state index contributed by atoms with van der Waals surface area (Å²) in [5.74, 6) is 0.815. The highest BCUT2D eigenvalue weighted by Gasteiger charge is 2.43. The molecule has 0 saturated carbocycles. The van der Waals surface area contributed by atoms with Gasteiger partial charge >= 0.3 is 5.97 Å². The number of hydrogen-bond acceptors (Lipinski definition) is 6. The smallest absolute Gasteiger partial charge is 0.312 e. The molecular formula is C26H30N2O4. The van der Waals surface area contributed by atoms with Crippen LogP contribution in [0, 0.1) is 12.3 Å². The van der Waals surface area contributed by atoms with Crippen LogP contribution in [-0.2, 0) is 22.5 Å². The minimum absolute atomic E-state index is 0.162. The van der Waals surface area contributed by atoms with Crippen molar-refractivity contribution in [3.63, 3.8) is 0 Å². The standard InChI is InChI=1S/C26H30N2O4/c1-3-31-25(30)26(11-13-28(14-12-26)18-20-5-4-6-22(29)15-20)17-23-16-24(27-32-23)21-9-7-19(2)8-10-21/h4-10,15-16,29H,3,11-14,17-18H2,1-2H3. The van der Waals surface area contributed by atoms with Gasteiger partial charge in [-0.15, -0.1) is 0 Å². The lowest BCUT2D eigenvalue weighted by molar-refractivity contribution is -0.159. The molecule has 32 heavy (non-hydrogen) atoms. The molecule has 2 aromatic carbocycles. The maximum atomic E-state index is 13.0. The van der Waals surface area contributed by atoms with Crippen LogP contribution in [-0.4, -0.2) is 40.8 Å². The molecule has 1 fully saturated rings. The van der Waals surface area contributed by atoms with Gasteiger partial charge in [-0.05, 0) is 57.5 Å². The molecule has 1 N–H and O–H groups in total. The largest absolute Gasteiger partial charge is 0.508 e. The molecule has 6 heteroatoms. The van der Waals surface area contributed by atoms with Crippen molar-refractivity contribution >= 4 is 5.97 Å². The second kappa shape index (κ2) is 9.57. The highest BCUT2D eigenvalue weighted by Crippen LogP contribution is 2.38. The fourth-order valence-corrected chi connectivity index (χ4v) is 4.38. The van der Waals surface area contributed by atoms with E-state index >= 15 is 0 Å². The second-order valence-corrected chi connectivity index (χ2v) is 8.67. The number of benzene rings is 2. The highest BCUT2D eigenvalue weighted by molar-refractivity contribution is 5.77. The number of piperidine rings is 1. The predicted molar refractivity (Wildman–Crippen MR) is 122 cm³/mol. The number of hydrogen-bond donors (Lipinski definition) is 1. The monoisotopic (exact) mass is 434 g/mol. The summed E-state index contributed by atoms with van der Waals surface area (Å²) in [5.41, 5.74) is 3.41. The first-order valence-electron chi connectivity index (χ1n) is 11.2. The molecule has 0 aliphatic carbocycles. The Balaban J connectivity index is 1.47. The van der Waals surface area contributed by atoms with Crippen LogP contribution in [0.3, 0.4) is 0 Å². The lowest BCUT2D eigenvalue weighted by Gasteiger charge is -2.39. The number of rotatable bonds is 7. The summed E-state index contributed by atoms with van der Waals surface area (Å²) in [7, 11) is 0. The topological polar surface area (TPSA) is 75.8 Å². The number of phenols is 1. The van der Waals surface area contributed by atoms with E-state index in [1.807, 2.05) is 56.3 Å². The molecule has 1 aliphatic rings. The Kier molecular flexibility index (Phi) is 6.61. The Bertz CT molecular complexity index is 1050. The van der Waals surface area contributed by atoms with Crippen LogP contribution >= 0.6 is 0 Å². The normalized spacial score (nSPS) is 16.1. The van der Waals surface area contributed by atoms with E-state index in [-0.39, 0.29) is 11.7 Å². The van der Waals surface area contributed by atoms with Crippen molar-refractivity contribution in [3.05, 3.63) is 71.5 Å². The molecule has 3 aromatic rings. The molecule has 1 aliphatic heterocycles. The molecule has 0 bridgehead atoms. The number of esters is 1. The second-order valence-electron chi connectivity index (χ2n) is 8.67. The molecule has 0 radical (unpaired) electrons. The minimum atomic E-state index is -0.616. The van der Waals surface area contributed by atoms with E-state index in [2.05, 4.69) is 10.1 Å². The van der Waals surface area contributed by atoms with Crippen LogP contribution in [0.25, 0.3) is 11.3 Å². The molecule has 1 saturated heterocycles. The van der Waals surface area contributed by atoms with Gasteiger partial charge in [0.2, 0.25) is 0 Å². The summed E-state index contributed by atoms with van der Waals surface area (Å²) >= 11 is 0. The van der Waals surface area contributed by atoms with Crippen LogP contribution in [0.2, 0.25) is 0 Å². The number of ether oxygens (including phenoxy) is 1. The third-order valence-corrected chi connectivity index (χ3v) is 6.26. The molecule has 1 aromatic heterocycles. The van der Waals surface area contributed by atoms with Gasteiger partial charge in [0.05, 0.1) is 12.0 Å². The van der Waals surface area contributed by atoms with Crippen molar-refractivity contribution < 1.29 is 19.2 Å². The first-order chi connectivity index (χ1) is 15.5. The molecule has 4 rings (SSSR count). The van der Waals surface area contributed by atoms with E-state index in [9.17, 15) is 9.90 Å². The average molecular weight is 435 g/mol. The van der Waals surface area contributed by atoms with Crippen molar-refractivity contribution in [2.24, 2.45) is 5.41 Å². The lowest BCUT2D eigenvalue weighted by atomic mass is 9.74. The number of phenolic OH excluding ortho intramolecular Hbond substituents is 1. The van der Waals surface area contributed by atoms with Gasteiger partial charge in [-0.25, -0.2) is 0 Å². The quantitative estimate of drug-likeness (QED) is 0.541. The van der Waals surface area contributed by atoms with Gasteiger partial charge in [0.25, 0.3) is 0 Å². The summed E-state index contributed by atoms with van der Waals surface area (Å²) in [6.07, 6.45) is 1.85. The first-order valence-corrected chi connectivity index (χ1v) is 11.2. The number of aryl methyl sites for hydroxylation is 1. The number of likely N-dealkylation sites (tertiary alicyclic amines) is 1. The number of aromatic nitrogens is 1. The zero-order chi connectivity index (χ0) is 22.6. The number of nitrogens with zero attached hydrogens (tertiary/aromatic N) is 2. The molecule has 6 nitrogen and oxygen atoms in total. The van der Waals surface area contributed by atoms with Crippen LogP contribution in [0.15, 0.2) is 59.1 Å². The fourth-order valence-electron chi connectivity index (χ4n) is 4.38. The van der Waals surface area contributed by atoms with Crippen LogP contribution in [0.5, 0.6) is 5.75 Å². The van der Waals surface area contributed by atoms with E-state index < -0.39 is 5.41 Å². The van der Waals surface area contributed by atoms with Gasteiger partial charge in [-0.3, -0.25) is 9.69 Å². The zero-order valence-corrected chi connectivity index (χ0v) is 18.7. The Morgan fingerprint density at radius 3 is 2.59 bits per heavy atom. The average Bonchev–Trinajstić information content (AvgIpc) is 3.24. The summed E-state index contributed by atoms with van der Waals surface area (Å²) < 4.78 is 11.1. The van der Waals surface area contributed by atoms with Gasteiger partial charge < -0.3 is 14.4 Å². The van der Waals surface area contributed by atoms with E-state index in [0.29, 0.717) is 31.6 Å². The molecule has 0 amide bonds. The summed E-state index contributed by atoms with van der Waals surface area (Å²) in [4.78, 5) is 15.3. The van der Waals surface area contributed by atoms with E-state index in [4.69, 9.17) is 9.26 Å². The van der Waals surface area contributed by atoms with Crippen molar-refractivity contribution in [3.8, 4) is 17.0 Å². The zero-order valence-electron chi connectivity index (χ0n) is 18.7. The Labute approximate surface area is 188 Å². The van der Waals surface area contributed by atoms with E-state index in [1.54, 1.807) is 12.1 Å². The molecule has 2 heterocycles. The number of carbonyl (C=O) groups is 1. The van der Waals surface area contributed by atoms with Gasteiger partial charge in [0, 0.05) is 24.6 Å². The lowest BCUT2D eigenvalue weighted by Crippen LogP contribution is -2.46. The van der Waals surface area contributed by atoms with E-state index in [0.717, 1.165) is 36.5 Å². The van der Waals surface area contributed by atoms with Gasteiger partial charge in [-0.2, -0.15) is 0 Å². The first kappa shape index (κ1) is 22.1. The number of carbonyl (C=O) groups excluding carboxylic acids is 1. The molecule has 0 spiro atoms. The van der Waals surface area contributed by atoms with Gasteiger partial charge in [0.15, 0.2) is 0 Å². The summed E-state index contributed by atoms with van der Waals surface area (Å²) in [6, 6.07) is 17.4. The predicted octanol–water partition coefficient (Wildman–Crippen LogP) is 4.74. The summed E-state index contributed by atoms with van der Waals surface area (Å²) in [5, 5.41) is 14.0. The van der Waals surface area contributed by atoms with Crippen LogP contribution in [0.1, 0.15) is 36.7 Å². The molecule has 0 unspecified atom stereocenters. The van der Waals surface area contributed by atoms with Crippen LogP contribution in [0.4, 0.5) is 0 Å². The molecule has 0 atom stereocenters. The Morgan fingerprint density at radius 1 is 1.16 bits per heavy atom. The maximum absolute atomic E-state index is 13.0. The maximum Gasteiger partial charge on any atom is 0.312 e. The van der Waals surface area contributed by atoms with Gasteiger partial charge in [-0.1, -0.05) is 47.1 Å². The SMILES string of the molecule is CCOC(=O)C1(Cc2cc(-c3ccc(C)cc3)no2)CCN(Cc2cccc(O)c2)CC1. The number of aromatic hydroxyl groups is 1. The molecule has 168 valence electrons. The third-order valence-electron chi connectivity index (χ3n) is 6.26. The van der Waals surface area contributed by atoms with Gasteiger partial charge in [0.1, 0.15) is 17.2 Å². The Hall–Kier alpha value is -3.12. The van der Waals surface area contributed by atoms with Crippen LogP contribution < -0.4 is 0 Å². The van der Waals surface area contributed by atoms with Crippen molar-refractivity contribution in [2.45, 2.75) is 39.7 Å². The summed E-state index contributed by atoms with van der Waals surface area (Å²) in [6.45, 7) is 6.53. The highest BCUT2D eigenvalue weighted by atomic mass is 16.5. The van der Waals surface area contributed by atoms with Crippen molar-refractivity contribution in [1.29, 1.82) is 0 Å². The third kappa shape index (κ3) is 5.02. The van der Waals surface area contributed by atoms with E-state index in [1.165, 1.54) is 5.56 Å². The minimum Gasteiger partial charge on any atom is -0.508 e. The Morgan fingerprint density at radius 2 is 1.91 bits per heavy atom. The fraction of sp³-hybridized carbons (Fsp3) is 0.385.